The van der Waals surface area contributed by atoms with E-state index in [9.17, 15) is 18.0 Å². The van der Waals surface area contributed by atoms with Crippen LogP contribution in [0.4, 0.5) is 13.2 Å². The predicted molar refractivity (Wildman–Crippen MR) is 52.0 cm³/mol. The summed E-state index contributed by atoms with van der Waals surface area (Å²) in [6.45, 7) is 0. The second-order valence-electron chi connectivity index (χ2n) is 3.37. The molecular formula is C10H7F3N2O2. The van der Waals surface area contributed by atoms with Gasteiger partial charge in [-0.15, -0.1) is 0 Å². The van der Waals surface area contributed by atoms with E-state index in [0.717, 1.165) is 12.1 Å². The highest BCUT2D eigenvalue weighted by Crippen LogP contribution is 2.30. The second kappa shape index (κ2) is 3.85. The van der Waals surface area contributed by atoms with Gasteiger partial charge in [0.25, 0.3) is 0 Å². The van der Waals surface area contributed by atoms with E-state index in [0.29, 0.717) is 0 Å². The summed E-state index contributed by atoms with van der Waals surface area (Å²) in [6, 6.07) is 4.34. The Morgan fingerprint density at radius 1 is 1.35 bits per heavy atom. The molecule has 1 heterocycles. The molecule has 1 unspecified atom stereocenters. The van der Waals surface area contributed by atoms with E-state index in [1.165, 1.54) is 12.1 Å². The van der Waals surface area contributed by atoms with Crippen molar-refractivity contribution in [3.8, 4) is 0 Å². The van der Waals surface area contributed by atoms with Crippen molar-refractivity contribution in [2.24, 2.45) is 10.7 Å². The molecule has 1 atom stereocenters. The summed E-state index contributed by atoms with van der Waals surface area (Å²) in [6.07, 6.45) is -5.69. The van der Waals surface area contributed by atoms with Crippen LogP contribution in [0.25, 0.3) is 0 Å². The molecule has 1 aliphatic heterocycles. The Kier molecular flexibility index (Phi) is 2.62. The van der Waals surface area contributed by atoms with Crippen LogP contribution in [0.5, 0.6) is 0 Å². The van der Waals surface area contributed by atoms with Crippen LogP contribution in [0.3, 0.4) is 0 Å². The first-order valence-corrected chi connectivity index (χ1v) is 4.60. The van der Waals surface area contributed by atoms with Crippen LogP contribution in [0.15, 0.2) is 29.3 Å². The number of nitrogens with zero attached hydrogens (tertiary/aromatic N) is 1. The minimum Gasteiger partial charge on any atom is -0.448 e. The lowest BCUT2D eigenvalue weighted by atomic mass is 10.1. The van der Waals surface area contributed by atoms with Crippen molar-refractivity contribution in [2.45, 2.75) is 12.4 Å². The minimum absolute atomic E-state index is 0.0705. The molecule has 2 N–H and O–H groups in total. The van der Waals surface area contributed by atoms with Gasteiger partial charge in [0.1, 0.15) is 0 Å². The van der Waals surface area contributed by atoms with Gasteiger partial charge in [-0.05, 0) is 18.2 Å². The Morgan fingerprint density at radius 3 is 2.59 bits per heavy atom. The third-order valence-corrected chi connectivity index (χ3v) is 2.13. The lowest BCUT2D eigenvalue weighted by molar-refractivity contribution is -0.137. The molecule has 0 aliphatic carbocycles. The Bertz CT molecular complexity index is 497. The van der Waals surface area contributed by atoms with E-state index in [2.05, 4.69) is 4.99 Å². The van der Waals surface area contributed by atoms with Crippen LogP contribution in [-0.2, 0) is 15.7 Å². The molecule has 2 rings (SSSR count). The number of nitrogens with two attached hydrogens (primary N) is 1. The molecule has 0 fully saturated rings. The zero-order valence-electron chi connectivity index (χ0n) is 8.36. The molecule has 17 heavy (non-hydrogen) atoms. The number of rotatable bonds is 1. The first-order chi connectivity index (χ1) is 7.88. The van der Waals surface area contributed by atoms with E-state index < -0.39 is 23.9 Å². The Labute approximate surface area is 93.9 Å². The summed E-state index contributed by atoms with van der Waals surface area (Å²) in [5, 5.41) is 0. The molecular weight excluding hydrogens is 237 g/mol. The van der Waals surface area contributed by atoms with E-state index in [-0.39, 0.29) is 11.5 Å². The summed E-state index contributed by atoms with van der Waals surface area (Å²) in [4.78, 5) is 14.4. The van der Waals surface area contributed by atoms with Crippen molar-refractivity contribution in [2.75, 3.05) is 0 Å². The second-order valence-corrected chi connectivity index (χ2v) is 3.37. The fraction of sp³-hybridized carbons (Fsp3) is 0.200. The summed E-state index contributed by atoms with van der Waals surface area (Å²) in [5.74, 6) is -0.897. The molecule has 0 bridgehead atoms. The number of hydrogen-bond donors (Lipinski definition) is 1. The van der Waals surface area contributed by atoms with Crippen molar-refractivity contribution in [3.63, 3.8) is 0 Å². The third kappa shape index (κ3) is 2.28. The summed E-state index contributed by atoms with van der Waals surface area (Å²) < 4.78 is 42.1. The molecule has 1 amide bonds. The molecule has 4 nitrogen and oxygen atoms in total. The van der Waals surface area contributed by atoms with Crippen molar-refractivity contribution in [3.05, 3.63) is 35.4 Å². The number of carbonyl (C=O) groups excluding carboxylic acids is 1. The highest BCUT2D eigenvalue weighted by atomic mass is 19.4. The number of amides is 1. The quantitative estimate of drug-likeness (QED) is 0.809. The normalized spacial score (nSPS) is 20.1. The van der Waals surface area contributed by atoms with Gasteiger partial charge in [-0.2, -0.15) is 18.2 Å². The summed E-state index contributed by atoms with van der Waals surface area (Å²) >= 11 is 0. The maximum atomic E-state index is 12.4. The van der Waals surface area contributed by atoms with Crippen LogP contribution in [-0.4, -0.2) is 18.0 Å². The zero-order valence-corrected chi connectivity index (χ0v) is 8.36. The number of aliphatic imine (C=N–C) groups is 1. The molecule has 0 spiro atoms. The molecule has 0 saturated heterocycles. The molecule has 1 aromatic carbocycles. The van der Waals surface area contributed by atoms with E-state index in [1.54, 1.807) is 0 Å². The first kappa shape index (κ1) is 11.6. The minimum atomic E-state index is -4.46. The van der Waals surface area contributed by atoms with Crippen molar-refractivity contribution in [1.82, 2.24) is 0 Å². The zero-order chi connectivity index (χ0) is 12.6. The lowest BCUT2D eigenvalue weighted by Gasteiger charge is -2.08. The van der Waals surface area contributed by atoms with E-state index in [1.807, 2.05) is 0 Å². The fourth-order valence-electron chi connectivity index (χ4n) is 1.32. The van der Waals surface area contributed by atoms with Gasteiger partial charge < -0.3 is 4.74 Å². The van der Waals surface area contributed by atoms with Crippen molar-refractivity contribution < 1.29 is 22.7 Å². The Morgan fingerprint density at radius 2 is 2.06 bits per heavy atom. The fourth-order valence-corrected chi connectivity index (χ4v) is 1.32. The number of benzene rings is 1. The first-order valence-electron chi connectivity index (χ1n) is 4.60. The Hall–Kier alpha value is -1.89. The van der Waals surface area contributed by atoms with Crippen molar-refractivity contribution in [1.29, 1.82) is 0 Å². The maximum absolute atomic E-state index is 12.4. The number of alkyl halides is 3. The Balaban J connectivity index is 2.36. The highest BCUT2D eigenvalue weighted by Gasteiger charge is 2.32. The standard InChI is InChI=1S/C10H7F3N2O2/c11-10(12,13)6-3-1-2-5(4-6)9-15-8(16)7(14)17-9/h1-4,7H,14H2. The predicted octanol–water partition coefficient (Wildman–Crippen LogP) is 1.29. The lowest BCUT2D eigenvalue weighted by Crippen LogP contribution is -2.27. The molecule has 90 valence electrons. The van der Waals surface area contributed by atoms with Gasteiger partial charge in [-0.1, -0.05) is 6.07 Å². The summed E-state index contributed by atoms with van der Waals surface area (Å²) in [5.41, 5.74) is 4.45. The molecule has 0 radical (unpaired) electrons. The van der Waals surface area contributed by atoms with Crippen LogP contribution in [0.2, 0.25) is 0 Å². The largest absolute Gasteiger partial charge is 0.448 e. The summed E-state index contributed by atoms with van der Waals surface area (Å²) in [7, 11) is 0. The van der Waals surface area contributed by atoms with E-state index >= 15 is 0 Å². The van der Waals surface area contributed by atoms with E-state index in [4.69, 9.17) is 10.5 Å². The van der Waals surface area contributed by atoms with Crippen LogP contribution >= 0.6 is 0 Å². The van der Waals surface area contributed by atoms with Gasteiger partial charge >= 0.3 is 12.1 Å². The number of ether oxygens (including phenoxy) is 1. The monoisotopic (exact) mass is 244 g/mol. The average Bonchev–Trinajstić information content (AvgIpc) is 2.58. The van der Waals surface area contributed by atoms with Gasteiger partial charge in [0, 0.05) is 5.56 Å². The van der Waals surface area contributed by atoms with Gasteiger partial charge in [0.2, 0.25) is 12.1 Å². The molecule has 7 heteroatoms. The maximum Gasteiger partial charge on any atom is 0.416 e. The molecule has 0 saturated carbocycles. The van der Waals surface area contributed by atoms with Gasteiger partial charge in [0.15, 0.2) is 0 Å². The van der Waals surface area contributed by atoms with Crippen LogP contribution in [0.1, 0.15) is 11.1 Å². The molecule has 1 aliphatic rings. The van der Waals surface area contributed by atoms with Gasteiger partial charge in [-0.25, -0.2) is 0 Å². The average molecular weight is 244 g/mol. The molecule has 0 aromatic heterocycles. The number of carbonyl (C=O) groups is 1. The van der Waals surface area contributed by atoms with Crippen LogP contribution < -0.4 is 5.73 Å². The smallest absolute Gasteiger partial charge is 0.416 e. The third-order valence-electron chi connectivity index (χ3n) is 2.13. The SMILES string of the molecule is NC1OC(c2cccc(C(F)(F)F)c2)=NC1=O. The van der Waals surface area contributed by atoms with Crippen LogP contribution in [0, 0.1) is 0 Å². The number of halogens is 3. The van der Waals surface area contributed by atoms with Gasteiger partial charge in [0.05, 0.1) is 5.56 Å². The molecule has 1 aromatic rings. The van der Waals surface area contributed by atoms with Crippen molar-refractivity contribution >= 4 is 11.8 Å². The number of hydrogen-bond acceptors (Lipinski definition) is 3. The van der Waals surface area contributed by atoms with Gasteiger partial charge in [-0.3, -0.25) is 10.5 Å². The highest BCUT2D eigenvalue weighted by molar-refractivity contribution is 6.07. The topological polar surface area (TPSA) is 64.7 Å².